The van der Waals surface area contributed by atoms with Gasteiger partial charge in [-0.3, -0.25) is 9.48 Å². The third kappa shape index (κ3) is 4.06. The molecule has 1 aromatic heterocycles. The van der Waals surface area contributed by atoms with Crippen LogP contribution in [0, 0.1) is 13.8 Å². The first-order valence-electron chi connectivity index (χ1n) is 5.99. The molecule has 1 atom stereocenters. The van der Waals surface area contributed by atoms with E-state index >= 15 is 0 Å². The summed E-state index contributed by atoms with van der Waals surface area (Å²) in [5.41, 5.74) is 2.61. The summed E-state index contributed by atoms with van der Waals surface area (Å²) < 4.78 is 1.71. The minimum absolute atomic E-state index is 0.00786. The number of carbonyl (C=O) groups excluding carboxylic acids is 1. The van der Waals surface area contributed by atoms with Gasteiger partial charge >= 0.3 is 5.97 Å². The quantitative estimate of drug-likeness (QED) is 0.647. The monoisotopic (exact) mass is 269 g/mol. The number of rotatable bonds is 6. The number of carboxylic acids is 1. The Morgan fingerprint density at radius 2 is 2.05 bits per heavy atom. The number of carbonyl (C=O) groups is 2. The Morgan fingerprint density at radius 1 is 1.42 bits per heavy atom. The Kier molecular flexibility index (Phi) is 5.05. The maximum Gasteiger partial charge on any atom is 0.332 e. The van der Waals surface area contributed by atoms with Crippen molar-refractivity contribution < 1.29 is 19.8 Å². The van der Waals surface area contributed by atoms with Crippen molar-refractivity contribution in [1.82, 2.24) is 15.1 Å². The van der Waals surface area contributed by atoms with Crippen LogP contribution in [0.1, 0.15) is 23.4 Å². The number of nitrogens with zero attached hydrogens (tertiary/aromatic N) is 2. The molecule has 0 saturated carbocycles. The van der Waals surface area contributed by atoms with Crippen LogP contribution in [0.4, 0.5) is 0 Å². The molecule has 1 rings (SSSR count). The number of hydrogen-bond acceptors (Lipinski definition) is 4. The van der Waals surface area contributed by atoms with Gasteiger partial charge in [-0.2, -0.15) is 5.10 Å². The van der Waals surface area contributed by atoms with Crippen LogP contribution in [0.15, 0.2) is 0 Å². The van der Waals surface area contributed by atoms with Crippen molar-refractivity contribution in [3.8, 4) is 0 Å². The summed E-state index contributed by atoms with van der Waals surface area (Å²) in [5, 5.41) is 24.3. The van der Waals surface area contributed by atoms with Gasteiger partial charge in [-0.1, -0.05) is 0 Å². The van der Waals surface area contributed by atoms with Crippen molar-refractivity contribution in [2.45, 2.75) is 32.8 Å². The van der Waals surface area contributed by atoms with E-state index in [1.165, 1.54) is 0 Å². The van der Waals surface area contributed by atoms with Gasteiger partial charge < -0.3 is 15.5 Å². The molecular formula is C12H19N3O4. The highest BCUT2D eigenvalue weighted by molar-refractivity contribution is 5.79. The Hall–Kier alpha value is -1.89. The molecule has 19 heavy (non-hydrogen) atoms. The maximum atomic E-state index is 11.7. The minimum atomic E-state index is -1.44. The number of nitrogens with one attached hydrogen (secondary N) is 1. The highest BCUT2D eigenvalue weighted by Crippen LogP contribution is 2.12. The van der Waals surface area contributed by atoms with Crippen LogP contribution in [0.5, 0.6) is 0 Å². The summed E-state index contributed by atoms with van der Waals surface area (Å²) in [6.07, 6.45) is -1.25. The van der Waals surface area contributed by atoms with Crippen molar-refractivity contribution in [3.05, 3.63) is 17.0 Å². The van der Waals surface area contributed by atoms with Gasteiger partial charge in [0, 0.05) is 31.3 Å². The van der Waals surface area contributed by atoms with E-state index < -0.39 is 12.1 Å². The van der Waals surface area contributed by atoms with E-state index in [1.807, 2.05) is 20.9 Å². The number of aliphatic carboxylic acids is 1. The summed E-state index contributed by atoms with van der Waals surface area (Å²) >= 11 is 0. The van der Waals surface area contributed by atoms with Crippen molar-refractivity contribution in [1.29, 1.82) is 0 Å². The summed E-state index contributed by atoms with van der Waals surface area (Å²) in [6.45, 7) is 3.85. The molecule has 106 valence electrons. The van der Waals surface area contributed by atoms with Gasteiger partial charge in [0.25, 0.3) is 0 Å². The molecule has 0 aliphatic rings. The van der Waals surface area contributed by atoms with Crippen molar-refractivity contribution in [2.75, 3.05) is 6.54 Å². The zero-order chi connectivity index (χ0) is 14.6. The predicted molar refractivity (Wildman–Crippen MR) is 67.7 cm³/mol. The van der Waals surface area contributed by atoms with Crippen LogP contribution in [0.3, 0.4) is 0 Å². The summed E-state index contributed by atoms with van der Waals surface area (Å²) in [5.74, 6) is -1.50. The average Bonchev–Trinajstić information content (AvgIpc) is 2.55. The van der Waals surface area contributed by atoms with Gasteiger partial charge in [0.05, 0.1) is 12.1 Å². The highest BCUT2D eigenvalue weighted by atomic mass is 16.4. The van der Waals surface area contributed by atoms with Gasteiger partial charge in [0.1, 0.15) is 0 Å². The highest BCUT2D eigenvalue weighted by Gasteiger charge is 2.15. The van der Waals surface area contributed by atoms with E-state index in [1.54, 1.807) is 4.68 Å². The molecule has 7 nitrogen and oxygen atoms in total. The van der Waals surface area contributed by atoms with E-state index in [9.17, 15) is 9.59 Å². The fourth-order valence-electron chi connectivity index (χ4n) is 1.77. The SMILES string of the molecule is Cc1nn(C)c(C)c1CC(=O)NCC[C@H](O)C(=O)O. The molecule has 0 fully saturated rings. The first kappa shape index (κ1) is 15.2. The Bertz CT molecular complexity index is 482. The Labute approximate surface area is 111 Å². The Balaban J connectivity index is 2.46. The number of amides is 1. The second-order valence-electron chi connectivity index (χ2n) is 4.44. The lowest BCUT2D eigenvalue weighted by Crippen LogP contribution is -2.31. The van der Waals surface area contributed by atoms with Crippen molar-refractivity contribution >= 4 is 11.9 Å². The second kappa shape index (κ2) is 6.33. The summed E-state index contributed by atoms with van der Waals surface area (Å²) in [6, 6.07) is 0. The number of aryl methyl sites for hydroxylation is 2. The van der Waals surface area contributed by atoms with Crippen LogP contribution in [0.2, 0.25) is 0 Å². The molecule has 1 amide bonds. The van der Waals surface area contributed by atoms with Crippen molar-refractivity contribution in [3.63, 3.8) is 0 Å². The molecule has 0 aliphatic heterocycles. The van der Waals surface area contributed by atoms with Crippen molar-refractivity contribution in [2.24, 2.45) is 7.05 Å². The molecule has 0 saturated heterocycles. The molecule has 1 aromatic rings. The third-order valence-corrected chi connectivity index (χ3v) is 3.02. The van der Waals surface area contributed by atoms with E-state index in [-0.39, 0.29) is 25.3 Å². The Morgan fingerprint density at radius 3 is 2.53 bits per heavy atom. The standard InChI is InChI=1S/C12H19N3O4/c1-7-9(8(2)15(3)14-7)6-11(17)13-5-4-10(16)12(18)19/h10,16H,4-6H2,1-3H3,(H,13,17)(H,18,19)/t10-/m0/s1. The molecule has 0 radical (unpaired) electrons. The van der Waals surface area contributed by atoms with E-state index in [4.69, 9.17) is 10.2 Å². The fourth-order valence-corrected chi connectivity index (χ4v) is 1.77. The van der Waals surface area contributed by atoms with E-state index in [0.29, 0.717) is 0 Å². The smallest absolute Gasteiger partial charge is 0.332 e. The summed E-state index contributed by atoms with van der Waals surface area (Å²) in [4.78, 5) is 22.1. The first-order valence-corrected chi connectivity index (χ1v) is 5.99. The molecule has 0 aromatic carbocycles. The molecule has 0 spiro atoms. The van der Waals surface area contributed by atoms with E-state index in [0.717, 1.165) is 17.0 Å². The van der Waals surface area contributed by atoms with Gasteiger partial charge in [0.15, 0.2) is 6.10 Å². The summed E-state index contributed by atoms with van der Waals surface area (Å²) in [7, 11) is 1.81. The number of aromatic nitrogens is 2. The molecule has 0 bridgehead atoms. The van der Waals surface area contributed by atoms with Gasteiger partial charge in [-0.05, 0) is 13.8 Å². The van der Waals surface area contributed by atoms with Crippen LogP contribution in [0.25, 0.3) is 0 Å². The number of carboxylic acid groups (broad SMARTS) is 1. The second-order valence-corrected chi connectivity index (χ2v) is 4.44. The largest absolute Gasteiger partial charge is 0.479 e. The average molecular weight is 269 g/mol. The lowest BCUT2D eigenvalue weighted by molar-refractivity contribution is -0.147. The molecule has 0 unspecified atom stereocenters. The van der Waals surface area contributed by atoms with Gasteiger partial charge in [-0.25, -0.2) is 4.79 Å². The normalized spacial score (nSPS) is 12.2. The zero-order valence-electron chi connectivity index (χ0n) is 11.3. The van der Waals surface area contributed by atoms with E-state index in [2.05, 4.69) is 10.4 Å². The molecule has 0 aliphatic carbocycles. The number of aliphatic hydroxyl groups excluding tert-OH is 1. The van der Waals surface area contributed by atoms with Crippen LogP contribution >= 0.6 is 0 Å². The minimum Gasteiger partial charge on any atom is -0.479 e. The van der Waals surface area contributed by atoms with Crippen LogP contribution in [-0.2, 0) is 23.1 Å². The van der Waals surface area contributed by atoms with Gasteiger partial charge in [-0.15, -0.1) is 0 Å². The maximum absolute atomic E-state index is 11.7. The number of hydrogen-bond donors (Lipinski definition) is 3. The molecule has 3 N–H and O–H groups in total. The fraction of sp³-hybridized carbons (Fsp3) is 0.583. The zero-order valence-corrected chi connectivity index (χ0v) is 11.3. The third-order valence-electron chi connectivity index (χ3n) is 3.02. The lowest BCUT2D eigenvalue weighted by Gasteiger charge is -2.07. The molecule has 7 heteroatoms. The van der Waals surface area contributed by atoms with Crippen LogP contribution < -0.4 is 5.32 Å². The lowest BCUT2D eigenvalue weighted by atomic mass is 10.1. The molecule has 1 heterocycles. The predicted octanol–water partition coefficient (Wildman–Crippen LogP) is -0.469. The first-order chi connectivity index (χ1) is 8.82. The molecular weight excluding hydrogens is 250 g/mol. The number of aliphatic hydroxyl groups is 1. The van der Waals surface area contributed by atoms with Gasteiger partial charge in [0.2, 0.25) is 5.91 Å². The topological polar surface area (TPSA) is 104 Å². The van der Waals surface area contributed by atoms with Crippen LogP contribution in [-0.4, -0.2) is 44.5 Å².